The minimum absolute atomic E-state index is 0.218. The van der Waals surface area contributed by atoms with Gasteiger partial charge >= 0.3 is 6.01 Å². The number of aliphatic hydroxyl groups is 1. The molecule has 0 spiro atoms. The van der Waals surface area contributed by atoms with Gasteiger partial charge < -0.3 is 14.6 Å². The molecule has 2 aliphatic rings. The fraction of sp³-hybridized carbons (Fsp3) is 0.500. The van der Waals surface area contributed by atoms with Crippen LogP contribution in [0.3, 0.4) is 0 Å². The number of hydrogen-bond donors (Lipinski definition) is 1. The van der Waals surface area contributed by atoms with Gasteiger partial charge in [0.1, 0.15) is 5.82 Å². The van der Waals surface area contributed by atoms with Crippen LogP contribution < -0.4 is 9.47 Å². The smallest absolute Gasteiger partial charge is 0.319 e. The van der Waals surface area contributed by atoms with E-state index >= 15 is 0 Å². The number of aromatic nitrogens is 2. The Balaban J connectivity index is 1.56. The highest BCUT2D eigenvalue weighted by molar-refractivity contribution is 5.33. The number of halogens is 1. The molecule has 1 aromatic heterocycles. The molecule has 1 aromatic carbocycles. The van der Waals surface area contributed by atoms with Crippen LogP contribution in [-0.2, 0) is 12.1 Å². The molecule has 2 aliphatic heterocycles. The van der Waals surface area contributed by atoms with Crippen LogP contribution in [0.15, 0.2) is 30.5 Å². The second-order valence-corrected chi connectivity index (χ2v) is 7.40. The van der Waals surface area contributed by atoms with E-state index in [4.69, 9.17) is 9.47 Å². The third-order valence-corrected chi connectivity index (χ3v) is 5.81. The number of piperidine rings is 1. The van der Waals surface area contributed by atoms with Crippen molar-refractivity contribution in [1.29, 1.82) is 0 Å². The van der Waals surface area contributed by atoms with Crippen molar-refractivity contribution in [3.63, 3.8) is 0 Å². The molecule has 2 aromatic rings. The van der Waals surface area contributed by atoms with Crippen molar-refractivity contribution in [3.8, 4) is 11.9 Å². The lowest BCUT2D eigenvalue weighted by Crippen LogP contribution is -2.49. The summed E-state index contributed by atoms with van der Waals surface area (Å²) in [6, 6.07) is 7.38. The Labute approximate surface area is 158 Å². The van der Waals surface area contributed by atoms with Crippen LogP contribution >= 0.6 is 0 Å². The van der Waals surface area contributed by atoms with Crippen LogP contribution in [0.5, 0.6) is 11.9 Å². The molecule has 0 aliphatic carbocycles. The van der Waals surface area contributed by atoms with Crippen LogP contribution in [0.1, 0.15) is 36.8 Å². The van der Waals surface area contributed by atoms with E-state index < -0.39 is 5.60 Å². The summed E-state index contributed by atoms with van der Waals surface area (Å²) in [5.41, 5.74) is 0.677. The number of methoxy groups -OCH3 is 2. The Kier molecular flexibility index (Phi) is 4.74. The van der Waals surface area contributed by atoms with Gasteiger partial charge in [-0.25, -0.2) is 9.37 Å². The van der Waals surface area contributed by atoms with Gasteiger partial charge in [0.2, 0.25) is 5.88 Å². The molecule has 2 saturated heterocycles. The first-order chi connectivity index (χ1) is 13.0. The maximum absolute atomic E-state index is 13.2. The fourth-order valence-corrected chi connectivity index (χ4v) is 4.52. The molecule has 3 heterocycles. The molecular formula is C20H24FN3O3. The van der Waals surface area contributed by atoms with E-state index in [1.165, 1.54) is 26.4 Å². The highest BCUT2D eigenvalue weighted by Crippen LogP contribution is 2.48. The van der Waals surface area contributed by atoms with Crippen LogP contribution in [0.4, 0.5) is 4.39 Å². The van der Waals surface area contributed by atoms with Crippen molar-refractivity contribution in [2.24, 2.45) is 0 Å². The molecule has 2 unspecified atom stereocenters. The van der Waals surface area contributed by atoms with Gasteiger partial charge in [-0.2, -0.15) is 4.98 Å². The molecule has 27 heavy (non-hydrogen) atoms. The molecule has 2 fully saturated rings. The third-order valence-electron chi connectivity index (χ3n) is 5.81. The van der Waals surface area contributed by atoms with E-state index in [-0.39, 0.29) is 23.9 Å². The summed E-state index contributed by atoms with van der Waals surface area (Å²) in [7, 11) is 3.03. The molecule has 0 saturated carbocycles. The monoisotopic (exact) mass is 373 g/mol. The van der Waals surface area contributed by atoms with Gasteiger partial charge in [0.05, 0.1) is 25.4 Å². The number of nitrogens with zero attached hydrogens (tertiary/aromatic N) is 3. The second-order valence-electron chi connectivity index (χ2n) is 7.40. The highest BCUT2D eigenvalue weighted by Gasteiger charge is 2.49. The van der Waals surface area contributed by atoms with Crippen LogP contribution in [0.25, 0.3) is 0 Å². The summed E-state index contributed by atoms with van der Waals surface area (Å²) in [5, 5.41) is 11.4. The average molecular weight is 373 g/mol. The van der Waals surface area contributed by atoms with E-state index in [2.05, 4.69) is 14.9 Å². The van der Waals surface area contributed by atoms with Gasteiger partial charge in [0.15, 0.2) is 0 Å². The lowest BCUT2D eigenvalue weighted by molar-refractivity contribution is -0.0612. The highest BCUT2D eigenvalue weighted by atomic mass is 19.1. The quantitative estimate of drug-likeness (QED) is 0.869. The van der Waals surface area contributed by atoms with Crippen LogP contribution in [-0.4, -0.2) is 46.3 Å². The minimum atomic E-state index is -1.03. The predicted molar refractivity (Wildman–Crippen MR) is 97.0 cm³/mol. The topological polar surface area (TPSA) is 67.7 Å². The molecular weight excluding hydrogens is 349 g/mol. The predicted octanol–water partition coefficient (Wildman–Crippen LogP) is 2.65. The van der Waals surface area contributed by atoms with Gasteiger partial charge in [0.25, 0.3) is 0 Å². The van der Waals surface area contributed by atoms with Crippen LogP contribution in [0, 0.1) is 5.82 Å². The second kappa shape index (κ2) is 7.05. The molecule has 1 N–H and O–H groups in total. The molecule has 7 heteroatoms. The van der Waals surface area contributed by atoms with Gasteiger partial charge in [0, 0.05) is 24.8 Å². The zero-order chi connectivity index (χ0) is 19.0. The van der Waals surface area contributed by atoms with E-state index in [9.17, 15) is 9.50 Å². The lowest BCUT2D eigenvalue weighted by Gasteiger charge is -2.44. The van der Waals surface area contributed by atoms with E-state index in [1.54, 1.807) is 6.20 Å². The Morgan fingerprint density at radius 2 is 1.81 bits per heavy atom. The largest absolute Gasteiger partial charge is 0.481 e. The molecule has 0 radical (unpaired) electrons. The zero-order valence-electron chi connectivity index (χ0n) is 15.6. The first kappa shape index (κ1) is 18.1. The van der Waals surface area contributed by atoms with Gasteiger partial charge in [-0.3, -0.25) is 4.90 Å². The van der Waals surface area contributed by atoms with Gasteiger partial charge in [-0.05, 0) is 43.4 Å². The van der Waals surface area contributed by atoms with Crippen molar-refractivity contribution >= 4 is 0 Å². The molecule has 0 amide bonds. The summed E-state index contributed by atoms with van der Waals surface area (Å²) in [6.45, 7) is 0.766. The first-order valence-electron chi connectivity index (χ1n) is 9.20. The van der Waals surface area contributed by atoms with Crippen molar-refractivity contribution in [3.05, 3.63) is 47.4 Å². The number of hydrogen-bond acceptors (Lipinski definition) is 6. The normalized spacial score (nSPS) is 27.6. The number of ether oxygens (including phenoxy) is 2. The first-order valence-corrected chi connectivity index (χ1v) is 9.20. The number of benzene rings is 1. The summed E-state index contributed by atoms with van der Waals surface area (Å²) >= 11 is 0. The molecule has 144 valence electrons. The SMILES string of the molecule is COc1ncc(C2(O)CC3CCC(C2)N3Cc2ccc(F)cc2)c(OC)n1. The zero-order valence-corrected chi connectivity index (χ0v) is 15.6. The molecule has 2 atom stereocenters. The van der Waals surface area contributed by atoms with E-state index in [0.29, 0.717) is 24.3 Å². The minimum Gasteiger partial charge on any atom is -0.481 e. The lowest BCUT2D eigenvalue weighted by atomic mass is 9.81. The molecule has 4 rings (SSSR count). The summed E-state index contributed by atoms with van der Waals surface area (Å²) in [6.07, 6.45) is 4.87. The third kappa shape index (κ3) is 3.37. The van der Waals surface area contributed by atoms with Crippen molar-refractivity contribution in [1.82, 2.24) is 14.9 Å². The maximum atomic E-state index is 13.2. The molecule has 6 nitrogen and oxygen atoms in total. The summed E-state index contributed by atoms with van der Waals surface area (Å²) < 4.78 is 23.6. The van der Waals surface area contributed by atoms with Crippen molar-refractivity contribution < 1.29 is 19.0 Å². The van der Waals surface area contributed by atoms with Gasteiger partial charge in [-0.15, -0.1) is 0 Å². The fourth-order valence-electron chi connectivity index (χ4n) is 4.52. The van der Waals surface area contributed by atoms with Crippen LogP contribution in [0.2, 0.25) is 0 Å². The number of rotatable bonds is 5. The Hall–Kier alpha value is -2.25. The van der Waals surface area contributed by atoms with Gasteiger partial charge in [-0.1, -0.05) is 12.1 Å². The van der Waals surface area contributed by atoms with E-state index in [0.717, 1.165) is 24.9 Å². The standard InChI is InChI=1S/C20H24FN3O3/c1-26-18-17(11-22-19(23-18)27-2)20(25)9-15-7-8-16(10-20)24(15)12-13-3-5-14(21)6-4-13/h3-6,11,15-16,25H,7-10,12H2,1-2H3. The Morgan fingerprint density at radius 3 is 2.41 bits per heavy atom. The number of fused-ring (bicyclic) bond motifs is 2. The van der Waals surface area contributed by atoms with E-state index in [1.807, 2.05) is 12.1 Å². The Morgan fingerprint density at radius 1 is 1.15 bits per heavy atom. The Bertz CT molecular complexity index is 801. The van der Waals surface area contributed by atoms with Crippen molar-refractivity contribution in [2.75, 3.05) is 14.2 Å². The maximum Gasteiger partial charge on any atom is 0.319 e. The average Bonchev–Trinajstić information content (AvgIpc) is 2.92. The molecule has 2 bridgehead atoms. The summed E-state index contributed by atoms with van der Waals surface area (Å²) in [5.74, 6) is 0.136. The summed E-state index contributed by atoms with van der Waals surface area (Å²) in [4.78, 5) is 10.8. The van der Waals surface area contributed by atoms with Crippen molar-refractivity contribution in [2.45, 2.75) is 49.9 Å².